The highest BCUT2D eigenvalue weighted by atomic mass is 16.5. The summed E-state index contributed by atoms with van der Waals surface area (Å²) in [4.78, 5) is 85.9. The number of carbonyl (C=O) groups is 6. The van der Waals surface area contributed by atoms with Crippen LogP contribution in [0.1, 0.15) is 99.5 Å². The van der Waals surface area contributed by atoms with E-state index < -0.39 is 36.0 Å². The molecule has 0 unspecified atom stereocenters. The van der Waals surface area contributed by atoms with Crippen molar-refractivity contribution in [2.24, 2.45) is 35.5 Å². The van der Waals surface area contributed by atoms with E-state index in [-0.39, 0.29) is 85.1 Å². The average molecular weight is 858 g/mol. The van der Waals surface area contributed by atoms with Gasteiger partial charge in [-0.25, -0.2) is 0 Å². The van der Waals surface area contributed by atoms with Gasteiger partial charge in [0.2, 0.25) is 17.7 Å². The van der Waals surface area contributed by atoms with E-state index in [0.717, 1.165) is 18.4 Å². The van der Waals surface area contributed by atoms with Gasteiger partial charge in [-0.2, -0.15) is 0 Å². The van der Waals surface area contributed by atoms with E-state index >= 15 is 0 Å². The number of benzene rings is 1. The maximum Gasteiger partial charge on any atom is 0.294 e. The monoisotopic (exact) mass is 858 g/mol. The minimum atomic E-state index is -0.634. The number of ketones is 2. The van der Waals surface area contributed by atoms with Crippen LogP contribution in [-0.2, 0) is 49.4 Å². The number of nitrogens with one attached hydrogen (secondary N) is 2. The molecule has 3 amide bonds. The number of ether oxygens (including phenoxy) is 3. The SMILES string of the molecule is CC[C@H](C)[C@@H]([C@@H](CC(=O)N1CCC[C@H]1[C@H](OC)[C@@H](C)C(=O)C[C@@H](Cc1ccccc1)C(=O)NCCN(CC)COC=O)OC)N(C)C(=O)[C@@H](CC(=O)[C@@H](NC)C(C)C)C(C)C. The molecule has 1 aliphatic rings. The first-order valence-corrected chi connectivity index (χ1v) is 22.4. The number of rotatable bonds is 30. The number of likely N-dealkylation sites (tertiary alicyclic amines) is 1. The topological polar surface area (TPSA) is 164 Å². The fourth-order valence-corrected chi connectivity index (χ4v) is 8.94. The summed E-state index contributed by atoms with van der Waals surface area (Å²) in [5.41, 5.74) is 0.936. The summed E-state index contributed by atoms with van der Waals surface area (Å²) in [5.74, 6) is -2.45. The molecule has 14 heteroatoms. The molecule has 1 fully saturated rings. The fourth-order valence-electron chi connectivity index (χ4n) is 8.94. The zero-order valence-corrected chi connectivity index (χ0v) is 39.3. The Morgan fingerprint density at radius 1 is 0.918 bits per heavy atom. The summed E-state index contributed by atoms with van der Waals surface area (Å²) in [6, 6.07) is 8.43. The number of methoxy groups -OCH3 is 2. The van der Waals surface area contributed by atoms with Crippen molar-refractivity contribution in [1.82, 2.24) is 25.3 Å². The first-order chi connectivity index (χ1) is 29.0. The number of carbonyl (C=O) groups excluding carboxylic acids is 6. The zero-order chi connectivity index (χ0) is 45.8. The predicted molar refractivity (Wildman–Crippen MR) is 237 cm³/mol. The van der Waals surface area contributed by atoms with Crippen LogP contribution in [0.4, 0.5) is 0 Å². The van der Waals surface area contributed by atoms with Crippen molar-refractivity contribution in [3.05, 3.63) is 35.9 Å². The molecule has 0 radical (unpaired) electrons. The average Bonchev–Trinajstić information content (AvgIpc) is 3.73. The molecule has 0 spiro atoms. The summed E-state index contributed by atoms with van der Waals surface area (Å²) in [7, 11) is 6.66. The number of amides is 3. The van der Waals surface area contributed by atoms with Gasteiger partial charge in [-0.15, -0.1) is 0 Å². The third-order valence-electron chi connectivity index (χ3n) is 12.9. The van der Waals surface area contributed by atoms with E-state index in [4.69, 9.17) is 14.2 Å². The molecule has 0 saturated carbocycles. The summed E-state index contributed by atoms with van der Waals surface area (Å²) >= 11 is 0. The highest BCUT2D eigenvalue weighted by Crippen LogP contribution is 2.32. The van der Waals surface area contributed by atoms with Gasteiger partial charge in [0.25, 0.3) is 6.47 Å². The molecule has 1 aromatic carbocycles. The second-order valence-electron chi connectivity index (χ2n) is 17.6. The van der Waals surface area contributed by atoms with Gasteiger partial charge in [0.15, 0.2) is 5.78 Å². The predicted octanol–water partition coefficient (Wildman–Crippen LogP) is 4.77. The van der Waals surface area contributed by atoms with Gasteiger partial charge in [0.05, 0.1) is 36.8 Å². The molecule has 346 valence electrons. The van der Waals surface area contributed by atoms with Crippen molar-refractivity contribution >= 4 is 35.8 Å². The number of hydrogen-bond donors (Lipinski definition) is 2. The molecular formula is C47H79N5O9. The molecule has 1 aromatic rings. The maximum atomic E-state index is 14.4. The molecule has 14 nitrogen and oxygen atoms in total. The van der Waals surface area contributed by atoms with Crippen molar-refractivity contribution in [2.45, 2.75) is 131 Å². The summed E-state index contributed by atoms with van der Waals surface area (Å²) < 4.78 is 17.0. The molecule has 0 bridgehead atoms. The number of likely N-dealkylation sites (N-methyl/N-ethyl adjacent to an activating group) is 3. The lowest BCUT2D eigenvalue weighted by atomic mass is 9.84. The van der Waals surface area contributed by atoms with Gasteiger partial charge in [-0.3, -0.25) is 33.7 Å². The maximum absolute atomic E-state index is 14.4. The molecule has 1 aliphatic heterocycles. The van der Waals surface area contributed by atoms with Crippen molar-refractivity contribution in [1.29, 1.82) is 0 Å². The molecule has 1 saturated heterocycles. The van der Waals surface area contributed by atoms with Crippen LogP contribution in [0.5, 0.6) is 0 Å². The van der Waals surface area contributed by atoms with Gasteiger partial charge >= 0.3 is 0 Å². The third kappa shape index (κ3) is 15.9. The van der Waals surface area contributed by atoms with Gasteiger partial charge in [-0.05, 0) is 56.2 Å². The van der Waals surface area contributed by atoms with Crippen LogP contribution in [0, 0.1) is 35.5 Å². The Hall–Kier alpha value is -3.72. The van der Waals surface area contributed by atoms with Crippen LogP contribution >= 0.6 is 0 Å². The van der Waals surface area contributed by atoms with Crippen molar-refractivity contribution in [2.75, 3.05) is 61.2 Å². The molecule has 0 aliphatic carbocycles. The Labute approximate surface area is 366 Å². The Kier molecular flexibility index (Phi) is 24.0. The minimum absolute atomic E-state index is 0.00458. The van der Waals surface area contributed by atoms with Crippen molar-refractivity contribution < 1.29 is 43.0 Å². The first-order valence-electron chi connectivity index (χ1n) is 22.4. The second-order valence-corrected chi connectivity index (χ2v) is 17.6. The summed E-state index contributed by atoms with van der Waals surface area (Å²) in [6.45, 7) is 18.2. The molecular weight excluding hydrogens is 779 g/mol. The molecule has 2 N–H and O–H groups in total. The van der Waals surface area contributed by atoms with E-state index in [1.165, 1.54) is 0 Å². The molecule has 2 rings (SSSR count). The minimum Gasteiger partial charge on any atom is -0.452 e. The number of nitrogens with zero attached hydrogens (tertiary/aromatic N) is 3. The second kappa shape index (κ2) is 27.4. The van der Waals surface area contributed by atoms with E-state index in [1.54, 1.807) is 38.1 Å². The van der Waals surface area contributed by atoms with Crippen LogP contribution in [0.15, 0.2) is 30.3 Å². The Morgan fingerprint density at radius 2 is 1.59 bits per heavy atom. The number of Topliss-reactive ketones (excluding diaryl/α,β-unsaturated/α-hetero) is 2. The van der Waals surface area contributed by atoms with E-state index in [0.29, 0.717) is 45.5 Å². The molecule has 0 aromatic heterocycles. The van der Waals surface area contributed by atoms with Gasteiger partial charge < -0.3 is 34.6 Å². The summed E-state index contributed by atoms with van der Waals surface area (Å²) in [6.07, 6.45) is 1.40. The highest BCUT2D eigenvalue weighted by Gasteiger charge is 2.43. The van der Waals surface area contributed by atoms with E-state index in [2.05, 4.69) is 17.6 Å². The lowest BCUT2D eigenvalue weighted by molar-refractivity contribution is -0.149. The van der Waals surface area contributed by atoms with Crippen molar-refractivity contribution in [3.8, 4) is 0 Å². The van der Waals surface area contributed by atoms with Crippen LogP contribution in [-0.4, -0.2) is 142 Å². The van der Waals surface area contributed by atoms with Crippen LogP contribution < -0.4 is 10.6 Å². The smallest absolute Gasteiger partial charge is 0.294 e. The van der Waals surface area contributed by atoms with Gasteiger partial charge in [0.1, 0.15) is 12.5 Å². The van der Waals surface area contributed by atoms with E-state index in [9.17, 15) is 28.8 Å². The number of hydrogen-bond acceptors (Lipinski definition) is 11. The Balaban J connectivity index is 2.28. The van der Waals surface area contributed by atoms with Crippen molar-refractivity contribution in [3.63, 3.8) is 0 Å². The normalized spacial score (nSPS) is 18.2. The van der Waals surface area contributed by atoms with Crippen LogP contribution in [0.25, 0.3) is 0 Å². The lowest BCUT2D eigenvalue weighted by Crippen LogP contribution is -2.54. The molecule has 1 heterocycles. The Bertz CT molecular complexity index is 1510. The fraction of sp³-hybridized carbons (Fsp3) is 0.745. The Morgan fingerprint density at radius 3 is 2.13 bits per heavy atom. The standard InChI is InChI=1S/C47H79N5O9/c1-13-33(7)44(50(10)47(58)37(31(3)4)27-40(55)43(48-9)32(5)6)41(59-11)28-42(56)52-23-18-21-38(52)45(60-12)34(8)39(54)26-36(25-35-19-16-15-17-20-35)46(57)49-22-24-51(14-2)29-61-30-53/h15-17,19-20,30-34,36-38,41,43-45,48H,13-14,18,21-29H2,1-12H3,(H,49,57)/t33-,34-,36+,37-,38-,41+,43-,44-,45+/m0/s1. The first kappa shape index (κ1) is 53.4. The molecule has 9 atom stereocenters. The lowest BCUT2D eigenvalue weighted by Gasteiger charge is -2.41. The van der Waals surface area contributed by atoms with E-state index in [1.807, 2.05) is 83.7 Å². The van der Waals surface area contributed by atoms with Gasteiger partial charge in [-0.1, -0.05) is 92.1 Å². The largest absolute Gasteiger partial charge is 0.452 e. The zero-order valence-electron chi connectivity index (χ0n) is 39.3. The van der Waals surface area contributed by atoms with Gasteiger partial charge in [0, 0.05) is 71.5 Å². The quantitative estimate of drug-likeness (QED) is 0.0810. The van der Waals surface area contributed by atoms with Crippen LogP contribution in [0.3, 0.4) is 0 Å². The third-order valence-corrected chi connectivity index (χ3v) is 12.9. The molecule has 61 heavy (non-hydrogen) atoms. The van der Waals surface area contributed by atoms with Crippen LogP contribution in [0.2, 0.25) is 0 Å². The summed E-state index contributed by atoms with van der Waals surface area (Å²) in [5, 5.41) is 6.10. The highest BCUT2D eigenvalue weighted by molar-refractivity contribution is 5.90.